The van der Waals surface area contributed by atoms with Crippen molar-refractivity contribution in [2.75, 3.05) is 33.9 Å². The van der Waals surface area contributed by atoms with E-state index in [1.54, 1.807) is 30.2 Å². The van der Waals surface area contributed by atoms with E-state index in [4.69, 9.17) is 14.2 Å². The molecule has 0 radical (unpaired) electrons. The molecule has 1 heterocycles. The number of hydrogen-bond acceptors (Lipinski definition) is 9. The van der Waals surface area contributed by atoms with Crippen molar-refractivity contribution in [1.29, 1.82) is 0 Å². The molecule has 0 bridgehead atoms. The number of aliphatic hydroxyl groups is 3. The number of Topliss-reactive ketones (excluding diaryl/α,β-unsaturated/α-hetero) is 1. The fourth-order valence-corrected chi connectivity index (χ4v) is 5.77. The van der Waals surface area contributed by atoms with Gasteiger partial charge in [-0.2, -0.15) is 0 Å². The number of nitrogens with one attached hydrogen (secondary N) is 1. The van der Waals surface area contributed by atoms with Crippen molar-refractivity contribution in [2.45, 2.75) is 63.4 Å². The maximum Gasteiger partial charge on any atom is 0.247 e. The Bertz CT molecular complexity index is 1360. The minimum Gasteiger partial charge on any atom is -0.497 e. The Kier molecular flexibility index (Phi) is 10.8. The summed E-state index contributed by atoms with van der Waals surface area (Å²) in [6, 6.07) is 9.89. The highest BCUT2D eigenvalue weighted by atomic mass is 16.5. The Morgan fingerprint density at radius 3 is 2.51 bits per heavy atom. The molecule has 0 saturated carbocycles. The molecule has 0 aromatic heterocycles. The minimum absolute atomic E-state index is 0.0119. The quantitative estimate of drug-likeness (QED) is 0.255. The number of methoxy groups -OCH3 is 2. The standard InChI is InChI=1S/C32H40N2O9/c1-19(37)6-4-9-27(38)34(12-10-20-7-5-8-22(14-20)41-2)25-17-24(32(40)33-11-13-35)28-23-15-21(18-36)16-26(42-3)30(23)43-31(28)29(25)39/h5,7-8,14-17,25,28-29,31,35-36,39H,4,6,9-13,18H2,1-3H3,(H,33,40)/t25-,28+,29+,31+/m1/s1. The van der Waals surface area contributed by atoms with Gasteiger partial charge in [0.1, 0.15) is 23.7 Å². The van der Waals surface area contributed by atoms with Gasteiger partial charge in [-0.3, -0.25) is 9.59 Å². The van der Waals surface area contributed by atoms with E-state index in [9.17, 15) is 29.7 Å². The highest BCUT2D eigenvalue weighted by Gasteiger charge is 2.51. The number of carbonyl (C=O) groups excluding carboxylic acids is 3. The zero-order chi connectivity index (χ0) is 31.1. The van der Waals surface area contributed by atoms with Crippen LogP contribution in [0.3, 0.4) is 0 Å². The van der Waals surface area contributed by atoms with Gasteiger partial charge in [0.05, 0.1) is 39.4 Å². The van der Waals surface area contributed by atoms with E-state index in [1.807, 2.05) is 24.3 Å². The van der Waals surface area contributed by atoms with Gasteiger partial charge in [0.15, 0.2) is 11.5 Å². The van der Waals surface area contributed by atoms with Crippen molar-refractivity contribution in [3.8, 4) is 17.2 Å². The molecule has 0 fully saturated rings. The van der Waals surface area contributed by atoms with Gasteiger partial charge in [-0.1, -0.05) is 12.1 Å². The Morgan fingerprint density at radius 1 is 1.05 bits per heavy atom. The van der Waals surface area contributed by atoms with Crippen molar-refractivity contribution in [3.63, 3.8) is 0 Å². The van der Waals surface area contributed by atoms with E-state index in [0.717, 1.165) is 5.56 Å². The number of nitrogens with zero attached hydrogens (tertiary/aromatic N) is 1. The first kappa shape index (κ1) is 32.0. The molecule has 1 aliphatic heterocycles. The average molecular weight is 597 g/mol. The van der Waals surface area contributed by atoms with E-state index in [1.165, 1.54) is 14.0 Å². The van der Waals surface area contributed by atoms with Gasteiger partial charge >= 0.3 is 0 Å². The molecule has 0 saturated heterocycles. The predicted octanol–water partition coefficient (Wildman–Crippen LogP) is 1.65. The summed E-state index contributed by atoms with van der Waals surface area (Å²) < 4.78 is 17.1. The maximum atomic E-state index is 13.7. The molecular weight excluding hydrogens is 556 g/mol. The lowest BCUT2D eigenvalue weighted by atomic mass is 9.77. The lowest BCUT2D eigenvalue weighted by molar-refractivity contribution is -0.137. The molecule has 2 aromatic rings. The molecule has 2 aliphatic rings. The number of ether oxygens (including phenoxy) is 3. The molecule has 1 aliphatic carbocycles. The Morgan fingerprint density at radius 2 is 1.84 bits per heavy atom. The van der Waals surface area contributed by atoms with Gasteiger partial charge in [-0.25, -0.2) is 0 Å². The van der Waals surface area contributed by atoms with Crippen LogP contribution in [-0.4, -0.2) is 90.0 Å². The number of rotatable bonds is 14. The second-order valence-corrected chi connectivity index (χ2v) is 10.8. The maximum absolute atomic E-state index is 13.7. The zero-order valence-electron chi connectivity index (χ0n) is 24.7. The van der Waals surface area contributed by atoms with Gasteiger partial charge in [-0.15, -0.1) is 0 Å². The average Bonchev–Trinajstić information content (AvgIpc) is 3.40. The summed E-state index contributed by atoms with van der Waals surface area (Å²) in [5.41, 5.74) is 2.31. The van der Waals surface area contributed by atoms with E-state index >= 15 is 0 Å². The van der Waals surface area contributed by atoms with Crippen LogP contribution >= 0.6 is 0 Å². The summed E-state index contributed by atoms with van der Waals surface area (Å²) in [6.07, 6.45) is 0.580. The summed E-state index contributed by atoms with van der Waals surface area (Å²) in [6.45, 7) is 1.17. The van der Waals surface area contributed by atoms with Crippen LogP contribution in [-0.2, 0) is 27.4 Å². The van der Waals surface area contributed by atoms with Gasteiger partial charge < -0.3 is 44.5 Å². The van der Waals surface area contributed by atoms with Crippen LogP contribution in [0.15, 0.2) is 48.0 Å². The van der Waals surface area contributed by atoms with Crippen LogP contribution in [0.1, 0.15) is 48.8 Å². The molecular formula is C32H40N2O9. The molecule has 2 amide bonds. The number of amides is 2. The van der Waals surface area contributed by atoms with Crippen LogP contribution < -0.4 is 19.5 Å². The first-order chi connectivity index (χ1) is 20.7. The van der Waals surface area contributed by atoms with E-state index in [2.05, 4.69) is 5.32 Å². The first-order valence-corrected chi connectivity index (χ1v) is 14.4. The summed E-state index contributed by atoms with van der Waals surface area (Å²) in [7, 11) is 3.04. The van der Waals surface area contributed by atoms with Crippen LogP contribution in [0.4, 0.5) is 0 Å². The second kappa shape index (κ2) is 14.5. The number of benzene rings is 2. The highest BCUT2D eigenvalue weighted by Crippen LogP contribution is 2.51. The van der Waals surface area contributed by atoms with Crippen molar-refractivity contribution >= 4 is 17.6 Å². The van der Waals surface area contributed by atoms with Gasteiger partial charge in [0.2, 0.25) is 11.8 Å². The normalized spacial score (nSPS) is 20.3. The number of aliphatic hydroxyl groups excluding tert-OH is 3. The lowest BCUT2D eigenvalue weighted by Crippen LogP contribution is -2.56. The van der Waals surface area contributed by atoms with Gasteiger partial charge in [0.25, 0.3) is 0 Å². The fourth-order valence-electron chi connectivity index (χ4n) is 5.77. The van der Waals surface area contributed by atoms with Crippen LogP contribution in [0.2, 0.25) is 0 Å². The van der Waals surface area contributed by atoms with Crippen LogP contribution in [0.25, 0.3) is 0 Å². The summed E-state index contributed by atoms with van der Waals surface area (Å²) >= 11 is 0. The third-order valence-electron chi connectivity index (χ3n) is 7.87. The Labute approximate surface area is 251 Å². The first-order valence-electron chi connectivity index (χ1n) is 14.4. The van der Waals surface area contributed by atoms with Crippen molar-refractivity contribution in [1.82, 2.24) is 10.2 Å². The summed E-state index contributed by atoms with van der Waals surface area (Å²) in [5, 5.41) is 33.7. The third kappa shape index (κ3) is 7.18. The highest BCUT2D eigenvalue weighted by molar-refractivity contribution is 5.96. The Balaban J connectivity index is 1.74. The molecule has 2 aromatic carbocycles. The largest absolute Gasteiger partial charge is 0.497 e. The summed E-state index contributed by atoms with van der Waals surface area (Å²) in [4.78, 5) is 40.3. The van der Waals surface area contributed by atoms with E-state index < -0.39 is 30.1 Å². The lowest BCUT2D eigenvalue weighted by Gasteiger charge is -2.41. The number of carbonyl (C=O) groups is 3. The van der Waals surface area contributed by atoms with E-state index in [-0.39, 0.29) is 56.4 Å². The SMILES string of the molecule is COc1cccc(CCN(C(=O)CCCC(C)=O)[C@@H]2C=C(C(=O)NCCO)[C@@H]3c4cc(CO)cc(OC)c4O[C@@H]3[C@H]2O)c1. The van der Waals surface area contributed by atoms with E-state index in [0.29, 0.717) is 41.2 Å². The molecule has 4 rings (SSSR count). The molecule has 0 spiro atoms. The smallest absolute Gasteiger partial charge is 0.247 e. The van der Waals surface area contributed by atoms with Crippen LogP contribution in [0, 0.1) is 0 Å². The fraction of sp³-hybridized carbons (Fsp3) is 0.469. The van der Waals surface area contributed by atoms with Crippen molar-refractivity contribution in [3.05, 3.63) is 64.7 Å². The molecule has 4 atom stereocenters. The Hall–Kier alpha value is -3.93. The number of fused-ring (bicyclic) bond motifs is 3. The van der Waals surface area contributed by atoms with Crippen molar-refractivity contribution < 1.29 is 43.9 Å². The third-order valence-corrected chi connectivity index (χ3v) is 7.87. The predicted molar refractivity (Wildman–Crippen MR) is 157 cm³/mol. The molecule has 43 heavy (non-hydrogen) atoms. The zero-order valence-corrected chi connectivity index (χ0v) is 24.7. The molecule has 4 N–H and O–H groups in total. The monoisotopic (exact) mass is 596 g/mol. The summed E-state index contributed by atoms with van der Waals surface area (Å²) in [5.74, 6) is -0.0960. The molecule has 0 unspecified atom stereocenters. The molecule has 11 heteroatoms. The molecule has 11 nitrogen and oxygen atoms in total. The van der Waals surface area contributed by atoms with Gasteiger partial charge in [-0.05, 0) is 61.2 Å². The van der Waals surface area contributed by atoms with Gasteiger partial charge in [0, 0.05) is 37.1 Å². The minimum atomic E-state index is -1.23. The van der Waals surface area contributed by atoms with Crippen LogP contribution in [0.5, 0.6) is 17.2 Å². The number of ketones is 1. The van der Waals surface area contributed by atoms with Crippen molar-refractivity contribution in [2.24, 2.45) is 0 Å². The number of hydrogen-bond donors (Lipinski definition) is 4. The second-order valence-electron chi connectivity index (χ2n) is 10.8. The molecule has 232 valence electrons. The topological polar surface area (TPSA) is 155 Å².